The Labute approximate surface area is 222 Å². The van der Waals surface area contributed by atoms with E-state index in [1.807, 2.05) is 6.20 Å². The fraction of sp³-hybridized carbons (Fsp3) is 0.538. The van der Waals surface area contributed by atoms with Crippen LogP contribution in [0.1, 0.15) is 36.9 Å². The molecule has 3 heterocycles. The van der Waals surface area contributed by atoms with Crippen molar-refractivity contribution in [2.75, 3.05) is 64.3 Å². The molecule has 4 rings (SSSR count). The van der Waals surface area contributed by atoms with Crippen LogP contribution >= 0.6 is 24.0 Å². The molecule has 2 aliphatic heterocycles. The van der Waals surface area contributed by atoms with Gasteiger partial charge in [-0.1, -0.05) is 36.4 Å². The van der Waals surface area contributed by atoms with Gasteiger partial charge in [-0.15, -0.1) is 24.0 Å². The highest BCUT2D eigenvalue weighted by molar-refractivity contribution is 14.0. The maximum Gasteiger partial charge on any atom is 0.191 e. The van der Waals surface area contributed by atoms with Crippen molar-refractivity contribution in [2.45, 2.75) is 32.4 Å². The predicted octanol–water partition coefficient (Wildman–Crippen LogP) is 3.34. The molecule has 1 unspecified atom stereocenters. The molecule has 34 heavy (non-hydrogen) atoms. The van der Waals surface area contributed by atoms with Gasteiger partial charge in [-0.05, 0) is 57.1 Å². The Hall–Kier alpha value is -1.91. The monoisotopic (exact) mass is 577 g/mol. The summed E-state index contributed by atoms with van der Waals surface area (Å²) in [5, 5.41) is 7.00. The maximum atomic E-state index is 4.84. The first-order valence-electron chi connectivity index (χ1n) is 12.4. The number of piperazine rings is 1. The highest BCUT2D eigenvalue weighted by Crippen LogP contribution is 2.24. The molecule has 1 aromatic carbocycles. The van der Waals surface area contributed by atoms with E-state index in [1.54, 1.807) is 0 Å². The molecule has 2 fully saturated rings. The molecule has 0 aliphatic carbocycles. The molecule has 1 aromatic heterocycles. The quantitative estimate of drug-likeness (QED) is 0.285. The SMILES string of the molecule is CCNC(=NCc1ccc(N2CCN(C)CC2)nc1)NCC(c1ccccc1)N1CCCC1.I. The first-order chi connectivity index (χ1) is 16.2. The zero-order chi connectivity index (χ0) is 22.9. The summed E-state index contributed by atoms with van der Waals surface area (Å²) in [6, 6.07) is 15.5. The summed E-state index contributed by atoms with van der Waals surface area (Å²) < 4.78 is 0. The number of aromatic nitrogens is 1. The van der Waals surface area contributed by atoms with Crippen molar-refractivity contribution in [3.8, 4) is 0 Å². The number of pyridine rings is 1. The van der Waals surface area contributed by atoms with Gasteiger partial charge in [0.05, 0.1) is 12.6 Å². The maximum absolute atomic E-state index is 4.84. The van der Waals surface area contributed by atoms with Crippen LogP contribution < -0.4 is 15.5 Å². The molecule has 1 atom stereocenters. The molecular weight excluding hydrogens is 537 g/mol. The summed E-state index contributed by atoms with van der Waals surface area (Å²) in [7, 11) is 2.18. The Morgan fingerprint density at radius 2 is 1.71 bits per heavy atom. The molecule has 2 saturated heterocycles. The number of rotatable bonds is 8. The van der Waals surface area contributed by atoms with Crippen LogP contribution in [0, 0.1) is 0 Å². The van der Waals surface area contributed by atoms with Crippen LogP contribution in [0.5, 0.6) is 0 Å². The number of halogens is 1. The van der Waals surface area contributed by atoms with Crippen LogP contribution in [0.2, 0.25) is 0 Å². The normalized spacial score (nSPS) is 18.4. The molecule has 0 saturated carbocycles. The van der Waals surface area contributed by atoms with Crippen LogP contribution in [0.3, 0.4) is 0 Å². The number of likely N-dealkylation sites (N-methyl/N-ethyl adjacent to an activating group) is 1. The van der Waals surface area contributed by atoms with Crippen LogP contribution in [-0.4, -0.2) is 80.1 Å². The Morgan fingerprint density at radius 3 is 2.35 bits per heavy atom. The summed E-state index contributed by atoms with van der Waals surface area (Å²) in [6.45, 7) is 11.0. The van der Waals surface area contributed by atoms with E-state index in [0.29, 0.717) is 12.6 Å². The van der Waals surface area contributed by atoms with Crippen molar-refractivity contribution in [2.24, 2.45) is 4.99 Å². The highest BCUT2D eigenvalue weighted by Gasteiger charge is 2.23. The number of guanidine groups is 1. The average Bonchev–Trinajstić information content (AvgIpc) is 3.39. The Bertz CT molecular complexity index is 860. The van der Waals surface area contributed by atoms with E-state index in [4.69, 9.17) is 9.98 Å². The van der Waals surface area contributed by atoms with Gasteiger partial charge in [0.1, 0.15) is 5.82 Å². The molecular formula is C26H40IN7. The number of hydrogen-bond acceptors (Lipinski definition) is 5. The van der Waals surface area contributed by atoms with Crippen LogP contribution in [-0.2, 0) is 6.54 Å². The van der Waals surface area contributed by atoms with Crippen molar-refractivity contribution >= 4 is 35.8 Å². The standard InChI is InChI=1S/C26H39N7.HI/c1-3-27-26(30-21-24(32-13-7-8-14-32)23-9-5-4-6-10-23)29-20-22-11-12-25(28-19-22)33-17-15-31(2)16-18-33;/h4-6,9-12,19,24H,3,7-8,13-18,20-21H2,1-2H3,(H2,27,29,30);1H. The summed E-state index contributed by atoms with van der Waals surface area (Å²) in [5.74, 6) is 1.93. The lowest BCUT2D eigenvalue weighted by atomic mass is 10.1. The zero-order valence-electron chi connectivity index (χ0n) is 20.6. The zero-order valence-corrected chi connectivity index (χ0v) is 22.9. The molecule has 2 aliphatic rings. The average molecular weight is 578 g/mol. The van der Waals surface area contributed by atoms with Gasteiger partial charge in [0.15, 0.2) is 5.96 Å². The molecule has 0 spiro atoms. The van der Waals surface area contributed by atoms with Gasteiger partial charge >= 0.3 is 0 Å². The number of aliphatic imine (C=N–C) groups is 1. The van der Waals surface area contributed by atoms with E-state index in [-0.39, 0.29) is 24.0 Å². The molecule has 0 bridgehead atoms. The smallest absolute Gasteiger partial charge is 0.191 e. The van der Waals surface area contributed by atoms with Gasteiger partial charge in [0.2, 0.25) is 0 Å². The van der Waals surface area contributed by atoms with Crippen molar-refractivity contribution in [3.63, 3.8) is 0 Å². The summed E-state index contributed by atoms with van der Waals surface area (Å²) in [5.41, 5.74) is 2.50. The molecule has 0 radical (unpaired) electrons. The molecule has 8 heteroatoms. The number of nitrogens with zero attached hydrogens (tertiary/aromatic N) is 5. The summed E-state index contributed by atoms with van der Waals surface area (Å²) in [4.78, 5) is 16.9. The molecule has 0 amide bonds. The van der Waals surface area contributed by atoms with Gasteiger partial charge < -0.3 is 20.4 Å². The number of anilines is 1. The van der Waals surface area contributed by atoms with E-state index >= 15 is 0 Å². The number of benzene rings is 1. The molecule has 7 nitrogen and oxygen atoms in total. The lowest BCUT2D eigenvalue weighted by Gasteiger charge is -2.33. The first kappa shape index (κ1) is 26.7. The first-order valence-corrected chi connectivity index (χ1v) is 12.4. The third kappa shape index (κ3) is 7.55. The minimum absolute atomic E-state index is 0. The second kappa shape index (κ2) is 13.8. The minimum atomic E-state index is 0. The summed E-state index contributed by atoms with van der Waals surface area (Å²) >= 11 is 0. The van der Waals surface area contributed by atoms with Gasteiger partial charge in [-0.3, -0.25) is 4.90 Å². The third-order valence-corrected chi connectivity index (χ3v) is 6.63. The van der Waals surface area contributed by atoms with E-state index in [1.165, 1.54) is 31.5 Å². The topological polar surface area (TPSA) is 59.0 Å². The number of hydrogen-bond donors (Lipinski definition) is 2. The van der Waals surface area contributed by atoms with Gasteiger partial charge in [-0.25, -0.2) is 9.98 Å². The van der Waals surface area contributed by atoms with Gasteiger partial charge in [-0.2, -0.15) is 0 Å². The second-order valence-corrected chi connectivity index (χ2v) is 9.06. The third-order valence-electron chi connectivity index (χ3n) is 6.63. The lowest BCUT2D eigenvalue weighted by molar-refractivity contribution is 0.245. The Morgan fingerprint density at radius 1 is 0.971 bits per heavy atom. The molecule has 186 valence electrons. The fourth-order valence-electron chi connectivity index (χ4n) is 4.62. The van der Waals surface area contributed by atoms with Gasteiger partial charge in [0, 0.05) is 45.5 Å². The Kier molecular flexibility index (Phi) is 10.9. The van der Waals surface area contributed by atoms with Crippen LogP contribution in [0.4, 0.5) is 5.82 Å². The minimum Gasteiger partial charge on any atom is -0.357 e. The van der Waals surface area contributed by atoms with Crippen molar-refractivity contribution in [1.82, 2.24) is 25.4 Å². The van der Waals surface area contributed by atoms with Crippen LogP contribution in [0.15, 0.2) is 53.7 Å². The molecule has 2 N–H and O–H groups in total. The van der Waals surface area contributed by atoms with Crippen molar-refractivity contribution < 1.29 is 0 Å². The number of nitrogens with one attached hydrogen (secondary N) is 2. The van der Waals surface area contributed by atoms with E-state index in [9.17, 15) is 0 Å². The largest absolute Gasteiger partial charge is 0.357 e. The number of likely N-dealkylation sites (tertiary alicyclic amines) is 1. The summed E-state index contributed by atoms with van der Waals surface area (Å²) in [6.07, 6.45) is 4.54. The van der Waals surface area contributed by atoms with E-state index in [0.717, 1.165) is 56.6 Å². The van der Waals surface area contributed by atoms with E-state index in [2.05, 4.69) is 81.8 Å². The fourth-order valence-corrected chi connectivity index (χ4v) is 4.62. The lowest BCUT2D eigenvalue weighted by Crippen LogP contribution is -2.44. The van der Waals surface area contributed by atoms with E-state index < -0.39 is 0 Å². The predicted molar refractivity (Wildman–Crippen MR) is 152 cm³/mol. The van der Waals surface area contributed by atoms with Gasteiger partial charge in [0.25, 0.3) is 0 Å². The Balaban J connectivity index is 0.00000324. The van der Waals surface area contributed by atoms with Crippen molar-refractivity contribution in [1.29, 1.82) is 0 Å². The second-order valence-electron chi connectivity index (χ2n) is 9.06. The van der Waals surface area contributed by atoms with Crippen molar-refractivity contribution in [3.05, 3.63) is 59.8 Å². The highest BCUT2D eigenvalue weighted by atomic mass is 127. The van der Waals surface area contributed by atoms with Crippen LogP contribution in [0.25, 0.3) is 0 Å². The molecule has 2 aromatic rings.